The molecule has 1 aromatic rings. The zero-order valence-electron chi connectivity index (χ0n) is 12.0. The van der Waals surface area contributed by atoms with Crippen LogP contribution in [0.3, 0.4) is 0 Å². The van der Waals surface area contributed by atoms with Crippen molar-refractivity contribution in [2.75, 3.05) is 13.1 Å². The topological polar surface area (TPSA) is 109 Å². The van der Waals surface area contributed by atoms with Crippen LogP contribution in [0.1, 0.15) is 54.7 Å². The molecular formula is C13H20N4O3S. The number of nitrogens with two attached hydrogens (primary N) is 1. The Labute approximate surface area is 123 Å². The summed E-state index contributed by atoms with van der Waals surface area (Å²) in [5.41, 5.74) is 0.435. The Kier molecular flexibility index (Phi) is 3.53. The van der Waals surface area contributed by atoms with Crippen LogP contribution in [0.15, 0.2) is 4.90 Å². The van der Waals surface area contributed by atoms with E-state index in [-0.39, 0.29) is 22.4 Å². The number of aromatic nitrogens is 2. The van der Waals surface area contributed by atoms with E-state index in [0.29, 0.717) is 24.7 Å². The minimum atomic E-state index is -3.97. The number of nitrogens with one attached hydrogen (secondary N) is 1. The fourth-order valence-corrected chi connectivity index (χ4v) is 3.47. The summed E-state index contributed by atoms with van der Waals surface area (Å²) in [6.45, 7) is 3.07. The third-order valence-corrected chi connectivity index (χ3v) is 5.05. The first-order chi connectivity index (χ1) is 9.91. The molecule has 0 unspecified atom stereocenters. The van der Waals surface area contributed by atoms with E-state index >= 15 is 0 Å². The van der Waals surface area contributed by atoms with E-state index in [0.717, 1.165) is 25.7 Å². The van der Waals surface area contributed by atoms with E-state index in [1.165, 1.54) is 0 Å². The van der Waals surface area contributed by atoms with Crippen molar-refractivity contribution in [3.63, 3.8) is 0 Å². The Balaban J connectivity index is 1.95. The summed E-state index contributed by atoms with van der Waals surface area (Å²) in [5, 5.41) is 12.0. The zero-order valence-corrected chi connectivity index (χ0v) is 12.8. The van der Waals surface area contributed by atoms with Crippen molar-refractivity contribution in [2.45, 2.75) is 43.4 Å². The van der Waals surface area contributed by atoms with Gasteiger partial charge in [-0.05, 0) is 38.5 Å². The van der Waals surface area contributed by atoms with Gasteiger partial charge in [-0.1, -0.05) is 0 Å². The number of rotatable bonds is 6. The molecule has 1 aromatic heterocycles. The van der Waals surface area contributed by atoms with Crippen molar-refractivity contribution in [3.05, 3.63) is 11.4 Å². The normalized spacial score (nSPS) is 18.8. The Hall–Kier alpha value is -1.41. The van der Waals surface area contributed by atoms with Gasteiger partial charge in [0.2, 0.25) is 10.0 Å². The van der Waals surface area contributed by atoms with Crippen LogP contribution in [0.25, 0.3) is 0 Å². The molecule has 0 radical (unpaired) electrons. The van der Waals surface area contributed by atoms with Gasteiger partial charge >= 0.3 is 0 Å². The second-order valence-corrected chi connectivity index (χ2v) is 7.42. The van der Waals surface area contributed by atoms with Crippen LogP contribution in [0.5, 0.6) is 0 Å². The van der Waals surface area contributed by atoms with Crippen LogP contribution in [-0.4, -0.2) is 42.5 Å². The van der Waals surface area contributed by atoms with Crippen LogP contribution < -0.4 is 5.14 Å². The molecule has 2 saturated carbocycles. The van der Waals surface area contributed by atoms with E-state index < -0.39 is 10.0 Å². The zero-order chi connectivity index (χ0) is 15.2. The van der Waals surface area contributed by atoms with Crippen LogP contribution in [0.4, 0.5) is 0 Å². The number of H-pyrrole nitrogens is 1. The van der Waals surface area contributed by atoms with Gasteiger partial charge in [0, 0.05) is 19.0 Å². The van der Waals surface area contributed by atoms with Crippen molar-refractivity contribution in [2.24, 2.45) is 11.1 Å². The number of aromatic amines is 1. The molecular weight excluding hydrogens is 292 g/mol. The first-order valence-electron chi connectivity index (χ1n) is 7.32. The number of sulfonamides is 1. The number of nitrogens with zero attached hydrogens (tertiary/aromatic N) is 2. The number of carbonyl (C=O) groups excluding carboxylic acids is 1. The van der Waals surface area contributed by atoms with Gasteiger partial charge in [-0.2, -0.15) is 5.10 Å². The fourth-order valence-electron chi connectivity index (χ4n) is 2.54. The fraction of sp³-hybridized carbons (Fsp3) is 0.692. The molecule has 0 spiro atoms. The highest BCUT2D eigenvalue weighted by molar-refractivity contribution is 7.89. The van der Waals surface area contributed by atoms with Crippen molar-refractivity contribution in [3.8, 4) is 0 Å². The lowest BCUT2D eigenvalue weighted by atomic mass is 10.2. The standard InChI is InChI=1S/C13H20N4O3S/c1-2-17(7-8-3-4-8)13(18)11-12(21(14,19)20)10(15-16-11)9-5-6-9/h8-9H,2-7H2,1H3,(H,15,16)(H2,14,19,20). The predicted octanol–water partition coefficient (Wildman–Crippen LogP) is 0.807. The Bertz CT molecular complexity index is 659. The van der Waals surface area contributed by atoms with E-state index in [2.05, 4.69) is 10.2 Å². The highest BCUT2D eigenvalue weighted by Crippen LogP contribution is 2.42. The molecule has 2 aliphatic carbocycles. The lowest BCUT2D eigenvalue weighted by Gasteiger charge is -2.19. The van der Waals surface area contributed by atoms with E-state index in [1.807, 2.05) is 6.92 Å². The van der Waals surface area contributed by atoms with Gasteiger partial charge in [0.1, 0.15) is 4.90 Å². The molecule has 7 nitrogen and oxygen atoms in total. The van der Waals surface area contributed by atoms with E-state index in [4.69, 9.17) is 5.14 Å². The first kappa shape index (κ1) is 14.5. The van der Waals surface area contributed by atoms with Gasteiger partial charge in [0.05, 0.1) is 5.69 Å². The molecule has 0 aliphatic heterocycles. The smallest absolute Gasteiger partial charge is 0.275 e. The van der Waals surface area contributed by atoms with E-state index in [9.17, 15) is 13.2 Å². The molecule has 3 rings (SSSR count). The molecule has 0 aromatic carbocycles. The Morgan fingerprint density at radius 2 is 2.05 bits per heavy atom. The second kappa shape index (κ2) is 5.10. The van der Waals surface area contributed by atoms with E-state index in [1.54, 1.807) is 4.90 Å². The third kappa shape index (κ3) is 2.96. The van der Waals surface area contributed by atoms with Crippen LogP contribution >= 0.6 is 0 Å². The molecule has 0 atom stereocenters. The molecule has 2 aliphatic rings. The molecule has 3 N–H and O–H groups in total. The highest BCUT2D eigenvalue weighted by Gasteiger charge is 2.37. The monoisotopic (exact) mass is 312 g/mol. The second-order valence-electron chi connectivity index (χ2n) is 5.92. The largest absolute Gasteiger partial charge is 0.337 e. The van der Waals surface area contributed by atoms with Crippen LogP contribution in [0, 0.1) is 5.92 Å². The molecule has 8 heteroatoms. The summed E-state index contributed by atoms with van der Waals surface area (Å²) in [6.07, 6.45) is 4.05. The summed E-state index contributed by atoms with van der Waals surface area (Å²) >= 11 is 0. The summed E-state index contributed by atoms with van der Waals surface area (Å²) < 4.78 is 23.7. The maximum absolute atomic E-state index is 12.6. The number of hydrogen-bond acceptors (Lipinski definition) is 4. The molecule has 21 heavy (non-hydrogen) atoms. The number of hydrogen-bond donors (Lipinski definition) is 2. The lowest BCUT2D eigenvalue weighted by Crippen LogP contribution is -2.34. The predicted molar refractivity (Wildman–Crippen MR) is 76.2 cm³/mol. The Morgan fingerprint density at radius 1 is 1.38 bits per heavy atom. The maximum Gasteiger partial charge on any atom is 0.275 e. The minimum Gasteiger partial charge on any atom is -0.337 e. The average Bonchev–Trinajstić information content (AvgIpc) is 3.33. The van der Waals surface area contributed by atoms with Crippen molar-refractivity contribution in [1.82, 2.24) is 15.1 Å². The van der Waals surface area contributed by atoms with Gasteiger partial charge < -0.3 is 4.90 Å². The highest BCUT2D eigenvalue weighted by atomic mass is 32.2. The summed E-state index contributed by atoms with van der Waals surface area (Å²) in [4.78, 5) is 14.1. The molecule has 0 saturated heterocycles. The van der Waals surface area contributed by atoms with Gasteiger partial charge in [-0.15, -0.1) is 0 Å². The quantitative estimate of drug-likeness (QED) is 0.810. The van der Waals surface area contributed by atoms with Crippen molar-refractivity contribution >= 4 is 15.9 Å². The van der Waals surface area contributed by atoms with Gasteiger partial charge in [0.25, 0.3) is 5.91 Å². The van der Waals surface area contributed by atoms with Crippen LogP contribution in [-0.2, 0) is 10.0 Å². The summed E-state index contributed by atoms with van der Waals surface area (Å²) in [7, 11) is -3.97. The summed E-state index contributed by atoms with van der Waals surface area (Å²) in [5.74, 6) is 0.316. The average molecular weight is 312 g/mol. The molecule has 2 fully saturated rings. The third-order valence-electron chi connectivity index (χ3n) is 4.06. The SMILES string of the molecule is CCN(CC1CC1)C(=O)c1n[nH]c(C2CC2)c1S(N)(=O)=O. The molecule has 116 valence electrons. The van der Waals surface area contributed by atoms with Gasteiger partial charge in [-0.3, -0.25) is 9.89 Å². The lowest BCUT2D eigenvalue weighted by molar-refractivity contribution is 0.0747. The number of amides is 1. The number of carbonyl (C=O) groups is 1. The first-order valence-corrected chi connectivity index (χ1v) is 8.86. The minimum absolute atomic E-state index is 0.0538. The molecule has 1 amide bonds. The summed E-state index contributed by atoms with van der Waals surface area (Å²) in [6, 6.07) is 0. The van der Waals surface area contributed by atoms with Crippen molar-refractivity contribution in [1.29, 1.82) is 0 Å². The number of primary sulfonamides is 1. The van der Waals surface area contributed by atoms with Crippen LogP contribution in [0.2, 0.25) is 0 Å². The van der Waals surface area contributed by atoms with Gasteiger partial charge in [0.15, 0.2) is 5.69 Å². The van der Waals surface area contributed by atoms with Gasteiger partial charge in [-0.25, -0.2) is 13.6 Å². The van der Waals surface area contributed by atoms with Crippen molar-refractivity contribution < 1.29 is 13.2 Å². The Morgan fingerprint density at radius 3 is 2.52 bits per heavy atom. The molecule has 1 heterocycles. The maximum atomic E-state index is 12.6. The molecule has 0 bridgehead atoms.